The Morgan fingerprint density at radius 3 is 2.43 bits per heavy atom. The minimum Gasteiger partial charge on any atom is -0.466 e. The third-order valence-corrected chi connectivity index (χ3v) is 5.38. The van der Waals surface area contributed by atoms with E-state index in [0.29, 0.717) is 29.9 Å². The maximum Gasteiger partial charge on any atom is 0.328 e. The van der Waals surface area contributed by atoms with Crippen LogP contribution in [0.15, 0.2) is 30.5 Å². The number of H-pyrrole nitrogens is 1. The van der Waals surface area contributed by atoms with Crippen LogP contribution in [-0.4, -0.2) is 52.1 Å². The Labute approximate surface area is 202 Å². The molecule has 0 aliphatic heterocycles. The van der Waals surface area contributed by atoms with Crippen molar-refractivity contribution in [1.82, 2.24) is 20.3 Å². The van der Waals surface area contributed by atoms with Crippen molar-refractivity contribution in [1.29, 1.82) is 0 Å². The van der Waals surface area contributed by atoms with Gasteiger partial charge < -0.3 is 31.2 Å². The molecular formula is C24H30N6O5. The molecule has 1 amide bonds. The summed E-state index contributed by atoms with van der Waals surface area (Å²) >= 11 is 0. The zero-order valence-electron chi connectivity index (χ0n) is 19.8. The average Bonchev–Trinajstić information content (AvgIpc) is 3.24. The third kappa shape index (κ3) is 6.69. The van der Waals surface area contributed by atoms with Crippen LogP contribution in [0.5, 0.6) is 0 Å². The molecule has 3 aromatic rings. The van der Waals surface area contributed by atoms with E-state index in [1.54, 1.807) is 26.0 Å². The summed E-state index contributed by atoms with van der Waals surface area (Å²) in [5.41, 5.74) is 14.6. The van der Waals surface area contributed by atoms with Crippen LogP contribution in [0.3, 0.4) is 0 Å². The van der Waals surface area contributed by atoms with Crippen molar-refractivity contribution in [2.75, 3.05) is 24.7 Å². The fourth-order valence-electron chi connectivity index (χ4n) is 3.67. The van der Waals surface area contributed by atoms with Crippen molar-refractivity contribution >= 4 is 40.6 Å². The van der Waals surface area contributed by atoms with Crippen LogP contribution in [0.25, 0.3) is 11.0 Å². The van der Waals surface area contributed by atoms with Crippen molar-refractivity contribution in [3.63, 3.8) is 0 Å². The van der Waals surface area contributed by atoms with Crippen LogP contribution in [0.4, 0.5) is 11.8 Å². The molecule has 2 heterocycles. The molecule has 0 bridgehead atoms. The summed E-state index contributed by atoms with van der Waals surface area (Å²) in [7, 11) is 0. The number of nitrogens with two attached hydrogens (primary N) is 2. The number of amides is 1. The zero-order chi connectivity index (χ0) is 25.4. The number of nitrogen functional groups attached to an aromatic ring is 2. The highest BCUT2D eigenvalue weighted by atomic mass is 16.5. The van der Waals surface area contributed by atoms with Gasteiger partial charge in [0, 0.05) is 18.2 Å². The molecule has 6 N–H and O–H groups in total. The molecule has 0 saturated carbocycles. The molecule has 3 rings (SSSR count). The van der Waals surface area contributed by atoms with E-state index in [2.05, 4.69) is 20.3 Å². The highest BCUT2D eigenvalue weighted by molar-refractivity contribution is 5.97. The van der Waals surface area contributed by atoms with Crippen LogP contribution in [0.2, 0.25) is 0 Å². The van der Waals surface area contributed by atoms with Crippen molar-refractivity contribution in [3.8, 4) is 0 Å². The smallest absolute Gasteiger partial charge is 0.328 e. The second-order valence-electron chi connectivity index (χ2n) is 7.82. The van der Waals surface area contributed by atoms with Gasteiger partial charge in [0.15, 0.2) is 0 Å². The van der Waals surface area contributed by atoms with E-state index in [1.165, 1.54) is 0 Å². The Morgan fingerprint density at radius 2 is 1.74 bits per heavy atom. The van der Waals surface area contributed by atoms with E-state index in [-0.39, 0.29) is 32.0 Å². The number of hydrogen-bond donors (Lipinski definition) is 4. The lowest BCUT2D eigenvalue weighted by atomic mass is 10.0. The van der Waals surface area contributed by atoms with E-state index in [1.807, 2.05) is 18.3 Å². The molecule has 0 saturated heterocycles. The summed E-state index contributed by atoms with van der Waals surface area (Å²) in [6, 6.07) is 6.12. The molecule has 0 aliphatic rings. The number of carbonyl (C=O) groups excluding carboxylic acids is 3. The Hall–Kier alpha value is -4.15. The maximum absolute atomic E-state index is 12.7. The van der Waals surface area contributed by atoms with Crippen LogP contribution in [0, 0.1) is 0 Å². The number of nitrogens with zero attached hydrogens (tertiary/aromatic N) is 2. The molecule has 0 unspecified atom stereocenters. The van der Waals surface area contributed by atoms with Gasteiger partial charge in [0.2, 0.25) is 5.95 Å². The number of aromatic amines is 1. The van der Waals surface area contributed by atoms with E-state index in [0.717, 1.165) is 16.5 Å². The van der Waals surface area contributed by atoms with E-state index in [4.69, 9.17) is 20.9 Å². The topological polar surface area (TPSA) is 175 Å². The molecule has 0 aliphatic carbocycles. The summed E-state index contributed by atoms with van der Waals surface area (Å²) in [5, 5.41) is 3.41. The predicted molar refractivity (Wildman–Crippen MR) is 130 cm³/mol. The largest absolute Gasteiger partial charge is 0.466 e. The van der Waals surface area contributed by atoms with Crippen LogP contribution in [0.1, 0.15) is 48.2 Å². The number of esters is 2. The first-order chi connectivity index (χ1) is 16.8. The molecule has 2 aromatic heterocycles. The predicted octanol–water partition coefficient (Wildman–Crippen LogP) is 1.91. The van der Waals surface area contributed by atoms with Crippen LogP contribution < -0.4 is 16.8 Å². The highest BCUT2D eigenvalue weighted by Crippen LogP contribution is 2.24. The lowest BCUT2D eigenvalue weighted by Gasteiger charge is -2.17. The minimum atomic E-state index is -0.949. The normalized spacial score (nSPS) is 11.7. The van der Waals surface area contributed by atoms with Gasteiger partial charge in [-0.1, -0.05) is 12.1 Å². The van der Waals surface area contributed by atoms with Gasteiger partial charge in [-0.05, 0) is 56.4 Å². The molecule has 186 valence electrons. The summed E-state index contributed by atoms with van der Waals surface area (Å²) < 4.78 is 9.93. The number of ether oxygens (including phenoxy) is 2. The number of anilines is 2. The molecule has 35 heavy (non-hydrogen) atoms. The Bertz CT molecular complexity index is 1190. The number of fused-ring (bicyclic) bond motifs is 1. The Kier molecular flexibility index (Phi) is 8.60. The van der Waals surface area contributed by atoms with Gasteiger partial charge in [0.05, 0.1) is 18.6 Å². The second-order valence-corrected chi connectivity index (χ2v) is 7.82. The summed E-state index contributed by atoms with van der Waals surface area (Å²) in [6.07, 6.45) is 3.30. The zero-order valence-corrected chi connectivity index (χ0v) is 19.8. The van der Waals surface area contributed by atoms with E-state index < -0.39 is 23.9 Å². The number of carbonyl (C=O) groups is 3. The average molecular weight is 483 g/mol. The number of aryl methyl sites for hydroxylation is 2. The molecule has 0 spiro atoms. The van der Waals surface area contributed by atoms with Crippen LogP contribution in [-0.2, 0) is 31.9 Å². The summed E-state index contributed by atoms with van der Waals surface area (Å²) in [4.78, 5) is 47.9. The van der Waals surface area contributed by atoms with Gasteiger partial charge in [-0.25, -0.2) is 4.79 Å². The molecule has 1 aromatic carbocycles. The van der Waals surface area contributed by atoms with Crippen molar-refractivity contribution in [3.05, 3.63) is 47.2 Å². The number of nitrogens with one attached hydrogen (secondary N) is 2. The fraction of sp³-hybridized carbons (Fsp3) is 0.375. The van der Waals surface area contributed by atoms with Gasteiger partial charge in [-0.2, -0.15) is 9.97 Å². The van der Waals surface area contributed by atoms with E-state index >= 15 is 0 Å². The third-order valence-electron chi connectivity index (χ3n) is 5.38. The van der Waals surface area contributed by atoms with Gasteiger partial charge in [0.25, 0.3) is 5.91 Å². The molecule has 0 radical (unpaired) electrons. The Morgan fingerprint density at radius 1 is 1.03 bits per heavy atom. The minimum absolute atomic E-state index is 0.00742. The molecule has 0 fully saturated rings. The molecule has 11 heteroatoms. The first-order valence-electron chi connectivity index (χ1n) is 11.4. The van der Waals surface area contributed by atoms with Gasteiger partial charge in [-0.15, -0.1) is 0 Å². The van der Waals surface area contributed by atoms with Gasteiger partial charge in [-0.3, -0.25) is 9.59 Å². The maximum atomic E-state index is 12.7. The molecule has 1 atom stereocenters. The number of benzene rings is 1. The Balaban J connectivity index is 1.62. The van der Waals surface area contributed by atoms with Crippen molar-refractivity contribution < 1.29 is 23.9 Å². The molecule has 11 nitrogen and oxygen atoms in total. The van der Waals surface area contributed by atoms with E-state index in [9.17, 15) is 14.4 Å². The summed E-state index contributed by atoms with van der Waals surface area (Å²) in [6.45, 7) is 3.79. The first-order valence-corrected chi connectivity index (χ1v) is 11.4. The van der Waals surface area contributed by atoms with Crippen molar-refractivity contribution in [2.45, 2.75) is 45.6 Å². The molecular weight excluding hydrogens is 452 g/mol. The fourth-order valence-corrected chi connectivity index (χ4v) is 3.67. The quantitative estimate of drug-likeness (QED) is 0.297. The first kappa shape index (κ1) is 25.5. The SMILES string of the molecule is CCOC(=O)CC[C@@H](NC(=O)c1ccc(CCc2c[nH]c3nc(N)nc(N)c23)cc1)C(=O)OCC. The van der Waals surface area contributed by atoms with Crippen molar-refractivity contribution in [2.24, 2.45) is 0 Å². The van der Waals surface area contributed by atoms with Gasteiger partial charge in [0.1, 0.15) is 17.5 Å². The van der Waals surface area contributed by atoms with Gasteiger partial charge >= 0.3 is 11.9 Å². The number of rotatable bonds is 11. The summed E-state index contributed by atoms with van der Waals surface area (Å²) in [5.74, 6) is -1.02. The lowest BCUT2D eigenvalue weighted by molar-refractivity contribution is -0.146. The lowest BCUT2D eigenvalue weighted by Crippen LogP contribution is -2.42. The number of hydrogen-bond acceptors (Lipinski definition) is 9. The second kappa shape index (κ2) is 11.8. The monoisotopic (exact) mass is 482 g/mol. The standard InChI is InChI=1S/C24H30N6O5/c1-3-34-18(31)12-11-17(23(33)35-4-2)28-22(32)15-8-5-14(6-9-15)7-10-16-13-27-21-19(16)20(25)29-24(26)30-21/h5-6,8-9,13,17H,3-4,7,10-12H2,1-2H3,(H,28,32)(H5,25,26,27,29,30)/t17-/m1/s1. The van der Waals surface area contributed by atoms with Crippen LogP contribution >= 0.6 is 0 Å². The number of aromatic nitrogens is 3. The highest BCUT2D eigenvalue weighted by Gasteiger charge is 2.24.